The number of nitrogens with zero attached hydrogens (tertiary/aromatic N) is 5. The van der Waals surface area contributed by atoms with Crippen molar-refractivity contribution in [3.8, 4) is 0 Å². The zero-order valence-corrected chi connectivity index (χ0v) is 17.0. The molecule has 10 nitrogen and oxygen atoms in total. The summed E-state index contributed by atoms with van der Waals surface area (Å²) in [5, 5.41) is 3.05. The summed E-state index contributed by atoms with van der Waals surface area (Å²) in [7, 11) is -2.22. The fourth-order valence-electron chi connectivity index (χ4n) is 3.05. The van der Waals surface area contributed by atoms with Crippen LogP contribution in [0.5, 0.6) is 0 Å². The van der Waals surface area contributed by atoms with Crippen molar-refractivity contribution in [3.63, 3.8) is 0 Å². The Morgan fingerprint density at radius 3 is 2.62 bits per heavy atom. The molecule has 3 aromatic heterocycles. The lowest BCUT2D eigenvalue weighted by Gasteiger charge is -2.28. The molecular weight excluding hydrogens is 418 g/mol. The van der Waals surface area contributed by atoms with Crippen LogP contribution in [0.1, 0.15) is 31.0 Å². The van der Waals surface area contributed by atoms with Crippen LogP contribution in [0.15, 0.2) is 34.2 Å². The topological polar surface area (TPSA) is 132 Å². The molecule has 3 heterocycles. The predicted octanol–water partition coefficient (Wildman–Crippen LogP) is 1.48. The van der Waals surface area contributed by atoms with Crippen LogP contribution in [0.25, 0.3) is 11.2 Å². The van der Waals surface area contributed by atoms with Crippen LogP contribution in [-0.2, 0) is 16.6 Å². The summed E-state index contributed by atoms with van der Waals surface area (Å²) in [6.07, 6.45) is 5.58. The first-order valence-electron chi connectivity index (χ1n) is 8.96. The van der Waals surface area contributed by atoms with E-state index in [9.17, 15) is 13.2 Å². The van der Waals surface area contributed by atoms with E-state index in [-0.39, 0.29) is 34.1 Å². The summed E-state index contributed by atoms with van der Waals surface area (Å²) in [6.45, 7) is 0.201. The van der Waals surface area contributed by atoms with Gasteiger partial charge in [0, 0.05) is 12.2 Å². The van der Waals surface area contributed by atoms with Gasteiger partial charge in [-0.2, -0.15) is 4.98 Å². The van der Waals surface area contributed by atoms with Crippen molar-refractivity contribution in [3.05, 3.63) is 45.9 Å². The molecule has 12 heteroatoms. The normalized spacial score (nSPS) is 14.7. The van der Waals surface area contributed by atoms with Crippen molar-refractivity contribution in [1.29, 1.82) is 0 Å². The number of hydrogen-bond donors (Lipinski definition) is 2. The van der Waals surface area contributed by atoms with Crippen LogP contribution < -0.4 is 15.6 Å². The van der Waals surface area contributed by atoms with Crippen molar-refractivity contribution in [1.82, 2.24) is 29.2 Å². The van der Waals surface area contributed by atoms with E-state index < -0.39 is 10.0 Å². The molecule has 4 rings (SSSR count). The van der Waals surface area contributed by atoms with Crippen molar-refractivity contribution < 1.29 is 8.42 Å². The van der Waals surface area contributed by atoms with Gasteiger partial charge in [-0.1, -0.05) is 0 Å². The van der Waals surface area contributed by atoms with E-state index in [2.05, 4.69) is 30.0 Å². The monoisotopic (exact) mass is 435 g/mol. The molecule has 0 spiro atoms. The predicted molar refractivity (Wildman–Crippen MR) is 107 cm³/mol. The smallest absolute Gasteiger partial charge is 0.295 e. The Hall–Kier alpha value is -2.63. The molecule has 0 unspecified atom stereocenters. The molecule has 0 aliphatic heterocycles. The second-order valence-corrected chi connectivity index (χ2v) is 8.84. The van der Waals surface area contributed by atoms with Gasteiger partial charge in [0.15, 0.2) is 11.5 Å². The largest absolute Gasteiger partial charge is 0.360 e. The van der Waals surface area contributed by atoms with E-state index in [1.54, 1.807) is 10.6 Å². The highest BCUT2D eigenvalue weighted by atomic mass is 35.5. The number of nitrogens with one attached hydrogen (secondary N) is 2. The number of sulfonamides is 1. The number of halogens is 1. The van der Waals surface area contributed by atoms with Gasteiger partial charge in [0.1, 0.15) is 10.4 Å². The van der Waals surface area contributed by atoms with Crippen LogP contribution >= 0.6 is 11.6 Å². The molecule has 1 aliphatic carbocycles. The standard InChI is InChI=1S/C17H18ClN7O3S/c1-19-29(27,28)12-6-5-10(20-8-12)7-21-14-16(26)25(11-3-2-4-11)15-13(23-14)9-22-17(18)24-15/h5-6,8-9,11,19H,2-4,7H2,1H3,(H,21,23). The Kier molecular flexibility index (Phi) is 5.19. The summed E-state index contributed by atoms with van der Waals surface area (Å²) >= 11 is 5.91. The molecule has 1 fully saturated rings. The average Bonchev–Trinajstić information content (AvgIpc) is 2.68. The lowest BCUT2D eigenvalue weighted by Crippen LogP contribution is -2.32. The van der Waals surface area contributed by atoms with Crippen LogP contribution in [-0.4, -0.2) is 40.0 Å². The molecule has 1 saturated carbocycles. The molecule has 0 saturated heterocycles. The highest BCUT2D eigenvalue weighted by Gasteiger charge is 2.25. The van der Waals surface area contributed by atoms with Gasteiger partial charge in [-0.05, 0) is 50.0 Å². The molecular formula is C17H18ClN7O3S. The number of fused-ring (bicyclic) bond motifs is 1. The number of hydrogen-bond acceptors (Lipinski definition) is 8. The van der Waals surface area contributed by atoms with E-state index in [0.717, 1.165) is 19.3 Å². The van der Waals surface area contributed by atoms with Gasteiger partial charge in [-0.15, -0.1) is 0 Å². The Labute approximate surface area is 171 Å². The van der Waals surface area contributed by atoms with Gasteiger partial charge < -0.3 is 5.32 Å². The lowest BCUT2D eigenvalue weighted by atomic mass is 9.93. The minimum absolute atomic E-state index is 0.0590. The maximum Gasteiger partial charge on any atom is 0.295 e. The third kappa shape index (κ3) is 3.80. The molecule has 152 valence electrons. The first kappa shape index (κ1) is 19.7. The molecule has 0 atom stereocenters. The van der Waals surface area contributed by atoms with Crippen LogP contribution in [0.2, 0.25) is 5.28 Å². The van der Waals surface area contributed by atoms with Crippen molar-refractivity contribution in [2.24, 2.45) is 0 Å². The molecule has 2 N–H and O–H groups in total. The van der Waals surface area contributed by atoms with Crippen LogP contribution in [0, 0.1) is 0 Å². The van der Waals surface area contributed by atoms with E-state index in [4.69, 9.17) is 11.6 Å². The first-order valence-corrected chi connectivity index (χ1v) is 10.8. The van der Waals surface area contributed by atoms with Gasteiger partial charge in [0.25, 0.3) is 5.56 Å². The van der Waals surface area contributed by atoms with E-state index in [0.29, 0.717) is 16.9 Å². The van der Waals surface area contributed by atoms with Crippen molar-refractivity contribution in [2.75, 3.05) is 12.4 Å². The van der Waals surface area contributed by atoms with Crippen LogP contribution in [0.4, 0.5) is 5.82 Å². The molecule has 0 amide bonds. The number of aromatic nitrogens is 5. The minimum atomic E-state index is -3.55. The van der Waals surface area contributed by atoms with Gasteiger partial charge >= 0.3 is 0 Å². The maximum absolute atomic E-state index is 13.0. The third-order valence-corrected chi connectivity index (χ3v) is 6.44. The minimum Gasteiger partial charge on any atom is -0.360 e. The Morgan fingerprint density at radius 2 is 2.00 bits per heavy atom. The summed E-state index contributed by atoms with van der Waals surface area (Å²) in [6, 6.07) is 3.08. The summed E-state index contributed by atoms with van der Waals surface area (Å²) in [5.41, 5.74) is 1.16. The zero-order chi connectivity index (χ0) is 20.6. The second kappa shape index (κ2) is 7.65. The molecule has 0 bridgehead atoms. The molecule has 1 aliphatic rings. The van der Waals surface area contributed by atoms with Gasteiger partial charge in [0.2, 0.25) is 15.3 Å². The Balaban J connectivity index is 1.64. The number of pyridine rings is 1. The second-order valence-electron chi connectivity index (χ2n) is 6.61. The van der Waals surface area contributed by atoms with E-state index in [1.165, 1.54) is 25.5 Å². The molecule has 3 aromatic rings. The summed E-state index contributed by atoms with van der Waals surface area (Å²) in [4.78, 5) is 29.7. The van der Waals surface area contributed by atoms with E-state index in [1.807, 2.05) is 0 Å². The Morgan fingerprint density at radius 1 is 1.21 bits per heavy atom. The number of rotatable bonds is 6. The lowest BCUT2D eigenvalue weighted by molar-refractivity contribution is 0.313. The number of anilines is 1. The van der Waals surface area contributed by atoms with E-state index >= 15 is 0 Å². The molecule has 29 heavy (non-hydrogen) atoms. The SMILES string of the molecule is CNS(=O)(=O)c1ccc(CNc2nc3cnc(Cl)nc3n(C3CCC3)c2=O)nc1. The van der Waals surface area contributed by atoms with Crippen LogP contribution in [0.3, 0.4) is 0 Å². The fourth-order valence-corrected chi connectivity index (χ4v) is 3.85. The zero-order valence-electron chi connectivity index (χ0n) is 15.5. The highest BCUT2D eigenvalue weighted by molar-refractivity contribution is 7.89. The van der Waals surface area contributed by atoms with Crippen molar-refractivity contribution in [2.45, 2.75) is 36.7 Å². The highest BCUT2D eigenvalue weighted by Crippen LogP contribution is 2.32. The first-order chi connectivity index (χ1) is 13.9. The molecule has 0 aromatic carbocycles. The van der Waals surface area contributed by atoms with Gasteiger partial charge in [-0.25, -0.2) is 23.1 Å². The molecule has 0 radical (unpaired) electrons. The maximum atomic E-state index is 13.0. The summed E-state index contributed by atoms with van der Waals surface area (Å²) in [5.74, 6) is 0.157. The van der Waals surface area contributed by atoms with Crippen molar-refractivity contribution >= 4 is 38.6 Å². The Bertz CT molecular complexity index is 1220. The van der Waals surface area contributed by atoms with Gasteiger partial charge in [0.05, 0.1) is 18.4 Å². The van der Waals surface area contributed by atoms with Gasteiger partial charge in [-0.3, -0.25) is 14.3 Å². The fraction of sp³-hybridized carbons (Fsp3) is 0.353. The quantitative estimate of drug-likeness (QED) is 0.556. The average molecular weight is 436 g/mol. The summed E-state index contributed by atoms with van der Waals surface area (Å²) < 4.78 is 27.4. The third-order valence-electron chi connectivity index (χ3n) is 4.86.